The number of aryl methyl sites for hydroxylation is 1. The van der Waals surface area contributed by atoms with Crippen LogP contribution in [-0.4, -0.2) is 27.9 Å². The van der Waals surface area contributed by atoms with Crippen molar-refractivity contribution >= 4 is 11.7 Å². The zero-order valence-electron chi connectivity index (χ0n) is 15.4. The molecule has 0 bridgehead atoms. The van der Waals surface area contributed by atoms with Gasteiger partial charge in [0, 0.05) is 12.5 Å². The maximum atomic E-state index is 13.6. The van der Waals surface area contributed by atoms with E-state index in [4.69, 9.17) is 0 Å². The molecule has 1 aliphatic carbocycles. The van der Waals surface area contributed by atoms with Crippen LogP contribution in [0.4, 0.5) is 23.4 Å². The second-order valence-corrected chi connectivity index (χ2v) is 7.53. The molecule has 1 amide bonds. The Hall–Kier alpha value is -2.89. The third-order valence-electron chi connectivity index (χ3n) is 5.56. The number of carbonyl (C=O) groups is 1. The molecular weight excluding hydrogens is 388 g/mol. The van der Waals surface area contributed by atoms with Crippen molar-refractivity contribution in [2.75, 3.05) is 4.90 Å². The lowest BCUT2D eigenvalue weighted by atomic mass is 9.96. The molecular formula is C20H18F4N4O. The maximum absolute atomic E-state index is 13.6. The number of carbonyl (C=O) groups excluding carboxylic acids is 1. The van der Waals surface area contributed by atoms with Gasteiger partial charge in [0.25, 0.3) is 0 Å². The van der Waals surface area contributed by atoms with Gasteiger partial charge in [0.15, 0.2) is 11.9 Å². The zero-order chi connectivity index (χ0) is 20.8. The number of benzene rings is 1. The van der Waals surface area contributed by atoms with Crippen molar-refractivity contribution in [2.24, 2.45) is 5.92 Å². The van der Waals surface area contributed by atoms with Gasteiger partial charge in [0.2, 0.25) is 5.91 Å². The summed E-state index contributed by atoms with van der Waals surface area (Å²) in [7, 11) is 0. The summed E-state index contributed by atoms with van der Waals surface area (Å²) < 4.78 is 54.8. The molecule has 0 radical (unpaired) electrons. The number of halogens is 4. The highest BCUT2D eigenvalue weighted by Crippen LogP contribution is 2.49. The first-order chi connectivity index (χ1) is 13.8. The lowest BCUT2D eigenvalue weighted by molar-refractivity contribution is -0.175. The van der Waals surface area contributed by atoms with Crippen LogP contribution in [0.3, 0.4) is 0 Å². The first-order valence-corrected chi connectivity index (χ1v) is 9.40. The molecule has 0 N–H and O–H groups in total. The molecule has 0 unspecified atom stereocenters. The van der Waals surface area contributed by atoms with Gasteiger partial charge in [-0.3, -0.25) is 9.69 Å². The monoisotopic (exact) mass is 406 g/mol. The molecule has 4 rings (SSSR count). The summed E-state index contributed by atoms with van der Waals surface area (Å²) in [6, 6.07) is 5.13. The maximum Gasteiger partial charge on any atom is 0.410 e. The summed E-state index contributed by atoms with van der Waals surface area (Å²) in [6.07, 6.45) is -1.82. The Morgan fingerprint density at radius 1 is 1.24 bits per heavy atom. The number of hydrogen-bond acceptors (Lipinski definition) is 3. The number of nitrogens with zero attached hydrogens (tertiary/aromatic N) is 4. The van der Waals surface area contributed by atoms with Crippen molar-refractivity contribution < 1.29 is 22.4 Å². The van der Waals surface area contributed by atoms with E-state index in [1.54, 1.807) is 12.1 Å². The number of fused-ring (bicyclic) bond motifs is 1. The number of alkyl halides is 3. The first-order valence-electron chi connectivity index (χ1n) is 9.40. The van der Waals surface area contributed by atoms with E-state index in [0.29, 0.717) is 6.42 Å². The highest BCUT2D eigenvalue weighted by Gasteiger charge is 2.53. The minimum Gasteiger partial charge on any atom is -0.292 e. The summed E-state index contributed by atoms with van der Waals surface area (Å²) in [5, 5.41) is 13.2. The van der Waals surface area contributed by atoms with E-state index in [2.05, 4.69) is 5.10 Å². The minimum absolute atomic E-state index is 0.00943. The van der Waals surface area contributed by atoms with E-state index in [-0.39, 0.29) is 41.9 Å². The lowest BCUT2D eigenvalue weighted by Crippen LogP contribution is -2.51. The van der Waals surface area contributed by atoms with Crippen LogP contribution in [0.5, 0.6) is 0 Å². The number of nitriles is 1. The van der Waals surface area contributed by atoms with Gasteiger partial charge in [-0.25, -0.2) is 9.07 Å². The number of rotatable bonds is 4. The standard InChI is InChI=1S/C20H18F4N4O/c21-15-6-1-12(2-7-15)3-8-18(29)27-16(13-4-5-13)9-17(20(22,23)24)28-19(27)14(10-25)11-26-28/h1-2,6-7,11,13,16-17H,3-5,8-9H2/t16-,17-/m0/s1. The summed E-state index contributed by atoms with van der Waals surface area (Å²) in [5.74, 6) is -0.817. The molecule has 9 heteroatoms. The van der Waals surface area contributed by atoms with Crippen molar-refractivity contribution in [3.63, 3.8) is 0 Å². The van der Waals surface area contributed by atoms with Gasteiger partial charge in [-0.05, 0) is 49.3 Å². The lowest BCUT2D eigenvalue weighted by Gasteiger charge is -2.40. The van der Waals surface area contributed by atoms with Crippen molar-refractivity contribution in [2.45, 2.75) is 50.4 Å². The Kier molecular flexibility index (Phi) is 4.81. The van der Waals surface area contributed by atoms with Gasteiger partial charge < -0.3 is 0 Å². The average Bonchev–Trinajstić information content (AvgIpc) is 3.44. The normalized spacial score (nSPS) is 21.6. The SMILES string of the molecule is N#Cc1cnn2c1N(C(=O)CCc1ccc(F)cc1)[C@H](C1CC1)C[C@H]2C(F)(F)F. The Morgan fingerprint density at radius 3 is 2.52 bits per heavy atom. The van der Waals surface area contributed by atoms with Crippen molar-refractivity contribution in [3.8, 4) is 6.07 Å². The molecule has 1 aromatic carbocycles. The second-order valence-electron chi connectivity index (χ2n) is 7.53. The van der Waals surface area contributed by atoms with E-state index < -0.39 is 18.3 Å². The van der Waals surface area contributed by atoms with Gasteiger partial charge in [-0.2, -0.15) is 23.5 Å². The minimum atomic E-state index is -4.52. The van der Waals surface area contributed by atoms with E-state index in [0.717, 1.165) is 29.3 Å². The summed E-state index contributed by atoms with van der Waals surface area (Å²) in [5.41, 5.74) is 0.710. The van der Waals surface area contributed by atoms with Crippen LogP contribution < -0.4 is 4.90 Å². The summed E-state index contributed by atoms with van der Waals surface area (Å²) >= 11 is 0. The molecule has 1 aliphatic heterocycles. The van der Waals surface area contributed by atoms with Gasteiger partial charge in [-0.1, -0.05) is 12.1 Å². The van der Waals surface area contributed by atoms with Crippen LogP contribution in [0.2, 0.25) is 0 Å². The van der Waals surface area contributed by atoms with Gasteiger partial charge in [-0.15, -0.1) is 0 Å². The smallest absolute Gasteiger partial charge is 0.292 e. The number of amides is 1. The molecule has 29 heavy (non-hydrogen) atoms. The first kappa shape index (κ1) is 19.4. The molecule has 0 spiro atoms. The molecule has 1 aromatic heterocycles. The highest BCUT2D eigenvalue weighted by atomic mass is 19.4. The fraction of sp³-hybridized carbons (Fsp3) is 0.450. The van der Waals surface area contributed by atoms with Crippen molar-refractivity contribution in [1.29, 1.82) is 5.26 Å². The molecule has 2 atom stereocenters. The van der Waals surface area contributed by atoms with E-state index >= 15 is 0 Å². The molecule has 0 saturated heterocycles. The van der Waals surface area contributed by atoms with Gasteiger partial charge in [0.1, 0.15) is 17.4 Å². The molecule has 152 valence electrons. The second kappa shape index (κ2) is 7.17. The average molecular weight is 406 g/mol. The largest absolute Gasteiger partial charge is 0.410 e. The van der Waals surface area contributed by atoms with Crippen LogP contribution in [0.25, 0.3) is 0 Å². The number of hydrogen-bond donors (Lipinski definition) is 0. The molecule has 2 heterocycles. The topological polar surface area (TPSA) is 61.9 Å². The Labute approximate surface area is 164 Å². The Bertz CT molecular complexity index is 956. The Morgan fingerprint density at radius 2 is 1.93 bits per heavy atom. The van der Waals surface area contributed by atoms with Crippen molar-refractivity contribution in [3.05, 3.63) is 47.4 Å². The summed E-state index contributed by atoms with van der Waals surface area (Å²) in [4.78, 5) is 14.4. The molecule has 5 nitrogen and oxygen atoms in total. The van der Waals surface area contributed by atoms with Crippen LogP contribution in [-0.2, 0) is 11.2 Å². The van der Waals surface area contributed by atoms with E-state index in [1.165, 1.54) is 17.0 Å². The number of aromatic nitrogens is 2. The zero-order valence-corrected chi connectivity index (χ0v) is 15.4. The van der Waals surface area contributed by atoms with E-state index in [9.17, 15) is 27.6 Å². The fourth-order valence-corrected chi connectivity index (χ4v) is 3.98. The molecule has 2 aliphatic rings. The van der Waals surface area contributed by atoms with Gasteiger partial charge >= 0.3 is 6.18 Å². The Balaban J connectivity index is 1.66. The predicted molar refractivity (Wildman–Crippen MR) is 95.4 cm³/mol. The van der Waals surface area contributed by atoms with Crippen LogP contribution in [0.15, 0.2) is 30.5 Å². The third-order valence-corrected chi connectivity index (χ3v) is 5.56. The summed E-state index contributed by atoms with van der Waals surface area (Å²) in [6.45, 7) is 0. The number of anilines is 1. The molecule has 1 saturated carbocycles. The highest BCUT2D eigenvalue weighted by molar-refractivity contribution is 5.95. The predicted octanol–water partition coefficient (Wildman–Crippen LogP) is 4.15. The quantitative estimate of drug-likeness (QED) is 0.717. The molecule has 1 fully saturated rings. The fourth-order valence-electron chi connectivity index (χ4n) is 3.98. The van der Waals surface area contributed by atoms with E-state index in [1.807, 2.05) is 6.07 Å². The van der Waals surface area contributed by atoms with Crippen LogP contribution in [0.1, 0.15) is 42.9 Å². The van der Waals surface area contributed by atoms with Crippen LogP contribution >= 0.6 is 0 Å². The van der Waals surface area contributed by atoms with Gasteiger partial charge in [0.05, 0.1) is 6.20 Å². The van der Waals surface area contributed by atoms with Crippen molar-refractivity contribution in [1.82, 2.24) is 9.78 Å². The third kappa shape index (κ3) is 3.71. The molecule has 2 aromatic rings. The van der Waals surface area contributed by atoms with Crippen LogP contribution in [0, 0.1) is 23.1 Å².